The van der Waals surface area contributed by atoms with Crippen LogP contribution in [0.1, 0.15) is 10.4 Å². The second-order valence-electron chi connectivity index (χ2n) is 5.80. The summed E-state index contributed by atoms with van der Waals surface area (Å²) in [4.78, 5) is 5.41. The molecule has 9 heteroatoms. The van der Waals surface area contributed by atoms with Gasteiger partial charge in [-0.2, -0.15) is 0 Å². The molecule has 3 rings (SSSR count). The van der Waals surface area contributed by atoms with Crippen molar-refractivity contribution in [2.75, 3.05) is 12.5 Å². The Morgan fingerprint density at radius 3 is 2.59 bits per heavy atom. The molecule has 142 valence electrons. The van der Waals surface area contributed by atoms with E-state index in [1.54, 1.807) is 31.4 Å². The molecular formula is C18H20N4O3S2. The monoisotopic (exact) mass is 404 g/mol. The van der Waals surface area contributed by atoms with Crippen molar-refractivity contribution in [1.82, 2.24) is 9.71 Å². The third-order valence-electron chi connectivity index (χ3n) is 3.92. The maximum absolute atomic E-state index is 12.6. The van der Waals surface area contributed by atoms with Gasteiger partial charge in [-0.1, -0.05) is 41.2 Å². The van der Waals surface area contributed by atoms with Crippen LogP contribution in [-0.2, 0) is 16.6 Å². The van der Waals surface area contributed by atoms with Crippen LogP contribution >= 0.6 is 11.3 Å². The highest BCUT2D eigenvalue weighted by molar-refractivity contribution is 7.89. The summed E-state index contributed by atoms with van der Waals surface area (Å²) in [6, 6.07) is 14.1. The number of ether oxygens (including phenoxy) is 1. The van der Waals surface area contributed by atoms with Crippen LogP contribution in [0.3, 0.4) is 0 Å². The number of hydrogen-bond acceptors (Lipinski definition) is 7. The maximum Gasteiger partial charge on any atom is 0.240 e. The molecule has 0 saturated heterocycles. The molecule has 2 aromatic carbocycles. The minimum absolute atomic E-state index is 0.0993. The molecule has 0 radical (unpaired) electrons. The van der Waals surface area contributed by atoms with E-state index in [1.165, 1.54) is 11.3 Å². The standard InChI is InChI=1S/C18H20N4O3S2/c1-12-6-8-15(9-7-12)27(23,24)20-11-16-17(21-18(22-19)26-16)13-4-3-5-14(10-13)25-2/h3-10,20H,11,19H2,1-2H3,(H,21,22). The molecule has 1 heterocycles. The van der Waals surface area contributed by atoms with Crippen LogP contribution in [0.25, 0.3) is 11.3 Å². The van der Waals surface area contributed by atoms with Gasteiger partial charge in [0.05, 0.1) is 17.7 Å². The summed E-state index contributed by atoms with van der Waals surface area (Å²) >= 11 is 1.29. The Bertz CT molecular complexity index is 1030. The SMILES string of the molecule is COc1cccc(-c2nc(NN)sc2CNS(=O)(=O)c2ccc(C)cc2)c1. The summed E-state index contributed by atoms with van der Waals surface area (Å²) in [5, 5.41) is 0.498. The van der Waals surface area contributed by atoms with Crippen LogP contribution < -0.4 is 20.7 Å². The van der Waals surface area contributed by atoms with Crippen molar-refractivity contribution in [3.05, 3.63) is 59.0 Å². The van der Waals surface area contributed by atoms with Crippen LogP contribution in [0.5, 0.6) is 5.75 Å². The number of nitrogens with two attached hydrogens (primary N) is 1. The summed E-state index contributed by atoms with van der Waals surface area (Å²) in [5.74, 6) is 6.18. The quantitative estimate of drug-likeness (QED) is 0.413. The first-order valence-electron chi connectivity index (χ1n) is 8.10. The third kappa shape index (κ3) is 4.45. The lowest BCUT2D eigenvalue weighted by atomic mass is 10.1. The van der Waals surface area contributed by atoms with Crippen molar-refractivity contribution in [3.63, 3.8) is 0 Å². The molecule has 4 N–H and O–H groups in total. The Balaban J connectivity index is 1.88. The van der Waals surface area contributed by atoms with E-state index in [4.69, 9.17) is 10.6 Å². The fourth-order valence-electron chi connectivity index (χ4n) is 2.49. The zero-order valence-electron chi connectivity index (χ0n) is 14.9. The Hall–Kier alpha value is -2.46. The number of nitrogen functional groups attached to an aromatic ring is 1. The van der Waals surface area contributed by atoms with Gasteiger partial charge in [0, 0.05) is 17.0 Å². The van der Waals surface area contributed by atoms with E-state index in [2.05, 4.69) is 15.1 Å². The Morgan fingerprint density at radius 1 is 1.19 bits per heavy atom. The number of sulfonamides is 1. The summed E-state index contributed by atoms with van der Waals surface area (Å²) in [7, 11) is -2.04. The van der Waals surface area contributed by atoms with Crippen LogP contribution in [-0.4, -0.2) is 20.5 Å². The summed E-state index contributed by atoms with van der Waals surface area (Å²) < 4.78 is 33.0. The molecule has 0 aliphatic rings. The van der Waals surface area contributed by atoms with E-state index in [-0.39, 0.29) is 11.4 Å². The summed E-state index contributed by atoms with van der Waals surface area (Å²) in [6.45, 7) is 2.00. The molecule has 27 heavy (non-hydrogen) atoms. The molecule has 0 amide bonds. The maximum atomic E-state index is 12.6. The minimum Gasteiger partial charge on any atom is -0.497 e. The molecule has 1 aromatic heterocycles. The van der Waals surface area contributed by atoms with Gasteiger partial charge in [-0.25, -0.2) is 24.0 Å². The Morgan fingerprint density at radius 2 is 1.93 bits per heavy atom. The number of benzene rings is 2. The highest BCUT2D eigenvalue weighted by atomic mass is 32.2. The number of nitrogens with one attached hydrogen (secondary N) is 2. The summed E-state index contributed by atoms with van der Waals surface area (Å²) in [5.41, 5.74) is 4.98. The highest BCUT2D eigenvalue weighted by Crippen LogP contribution is 2.32. The molecule has 0 unspecified atom stereocenters. The first-order chi connectivity index (χ1) is 12.9. The molecule has 0 fully saturated rings. The lowest BCUT2D eigenvalue weighted by molar-refractivity contribution is 0.415. The van der Waals surface area contributed by atoms with Crippen molar-refractivity contribution in [2.24, 2.45) is 5.84 Å². The van der Waals surface area contributed by atoms with Gasteiger partial charge in [-0.05, 0) is 31.2 Å². The Labute approximate surface area is 162 Å². The van der Waals surface area contributed by atoms with Gasteiger partial charge < -0.3 is 4.74 Å². The van der Waals surface area contributed by atoms with E-state index in [1.807, 2.05) is 31.2 Å². The zero-order chi connectivity index (χ0) is 19.4. The predicted molar refractivity (Wildman–Crippen MR) is 107 cm³/mol. The normalized spacial score (nSPS) is 11.4. The first kappa shape index (κ1) is 19.3. The summed E-state index contributed by atoms with van der Waals surface area (Å²) in [6.07, 6.45) is 0. The topological polar surface area (TPSA) is 106 Å². The first-order valence-corrected chi connectivity index (χ1v) is 10.4. The van der Waals surface area contributed by atoms with Gasteiger partial charge in [0.1, 0.15) is 5.75 Å². The predicted octanol–water partition coefficient (Wildman–Crippen LogP) is 2.89. The smallest absolute Gasteiger partial charge is 0.240 e. The van der Waals surface area contributed by atoms with Crippen molar-refractivity contribution < 1.29 is 13.2 Å². The average Bonchev–Trinajstić information content (AvgIpc) is 3.10. The zero-order valence-corrected chi connectivity index (χ0v) is 16.5. The third-order valence-corrected chi connectivity index (χ3v) is 6.32. The van der Waals surface area contributed by atoms with Gasteiger partial charge in [0.2, 0.25) is 10.0 Å². The molecule has 0 spiro atoms. The molecule has 0 atom stereocenters. The van der Waals surface area contributed by atoms with Gasteiger partial charge in [0.15, 0.2) is 5.13 Å². The second-order valence-corrected chi connectivity index (χ2v) is 8.66. The van der Waals surface area contributed by atoms with Crippen LogP contribution in [0.2, 0.25) is 0 Å². The molecule has 0 aliphatic heterocycles. The fraction of sp³-hybridized carbons (Fsp3) is 0.167. The molecule has 7 nitrogen and oxygen atoms in total. The van der Waals surface area contributed by atoms with E-state index < -0.39 is 10.0 Å². The molecule has 0 bridgehead atoms. The van der Waals surface area contributed by atoms with E-state index in [0.717, 1.165) is 16.0 Å². The average molecular weight is 405 g/mol. The van der Waals surface area contributed by atoms with Crippen molar-refractivity contribution in [1.29, 1.82) is 0 Å². The van der Waals surface area contributed by atoms with E-state index in [0.29, 0.717) is 16.6 Å². The number of hydrazine groups is 1. The van der Waals surface area contributed by atoms with Gasteiger partial charge in [0.25, 0.3) is 0 Å². The largest absolute Gasteiger partial charge is 0.497 e. The van der Waals surface area contributed by atoms with Crippen LogP contribution in [0, 0.1) is 6.92 Å². The number of aryl methyl sites for hydroxylation is 1. The van der Waals surface area contributed by atoms with Gasteiger partial charge >= 0.3 is 0 Å². The highest BCUT2D eigenvalue weighted by Gasteiger charge is 2.18. The second kappa shape index (κ2) is 8.05. The van der Waals surface area contributed by atoms with E-state index in [9.17, 15) is 8.42 Å². The number of thiazole rings is 1. The molecule has 0 aliphatic carbocycles. The van der Waals surface area contributed by atoms with Crippen LogP contribution in [0.4, 0.5) is 5.13 Å². The Kier molecular flexibility index (Phi) is 5.76. The molecule has 3 aromatic rings. The molecular weight excluding hydrogens is 384 g/mol. The van der Waals surface area contributed by atoms with Crippen LogP contribution in [0.15, 0.2) is 53.4 Å². The lowest BCUT2D eigenvalue weighted by Gasteiger charge is -2.08. The molecule has 0 saturated carbocycles. The number of aromatic nitrogens is 1. The number of hydrogen-bond donors (Lipinski definition) is 3. The number of rotatable bonds is 7. The number of anilines is 1. The van der Waals surface area contributed by atoms with E-state index >= 15 is 0 Å². The number of nitrogens with zero attached hydrogens (tertiary/aromatic N) is 1. The minimum atomic E-state index is -3.63. The van der Waals surface area contributed by atoms with Gasteiger partial charge in [-0.3, -0.25) is 5.43 Å². The fourth-order valence-corrected chi connectivity index (χ4v) is 4.41. The number of methoxy groups -OCH3 is 1. The van der Waals surface area contributed by atoms with Gasteiger partial charge in [-0.15, -0.1) is 0 Å². The van der Waals surface area contributed by atoms with Crippen molar-refractivity contribution in [3.8, 4) is 17.0 Å². The lowest BCUT2D eigenvalue weighted by Crippen LogP contribution is -2.23. The van der Waals surface area contributed by atoms with Crippen molar-refractivity contribution in [2.45, 2.75) is 18.4 Å². The van der Waals surface area contributed by atoms with Crippen molar-refractivity contribution >= 4 is 26.5 Å².